The number of nitrogens with zero attached hydrogens (tertiary/aromatic N) is 2. The number of rotatable bonds is 10. The highest BCUT2D eigenvalue weighted by Crippen LogP contribution is 2.31. The zero-order valence-corrected chi connectivity index (χ0v) is 18.7. The van der Waals surface area contributed by atoms with Crippen molar-refractivity contribution >= 4 is 56.4 Å². The van der Waals surface area contributed by atoms with Crippen molar-refractivity contribution in [1.82, 2.24) is 15.2 Å². The van der Waals surface area contributed by atoms with Crippen molar-refractivity contribution in [2.75, 3.05) is 31.5 Å². The summed E-state index contributed by atoms with van der Waals surface area (Å²) in [5.74, 6) is -1.92. The third-order valence-electron chi connectivity index (χ3n) is 4.77. The summed E-state index contributed by atoms with van der Waals surface area (Å²) in [5.41, 5.74) is 0.821. The van der Waals surface area contributed by atoms with Crippen molar-refractivity contribution in [2.45, 2.75) is 11.3 Å². The van der Waals surface area contributed by atoms with Crippen LogP contribution in [-0.2, 0) is 19.4 Å². The SMILES string of the molecule is O=C(O)CNC1(S(=O)(=O)C=Cc2ccc(Cl)s2)CCN(CCNc2ccncc2)C1=O. The van der Waals surface area contributed by atoms with Crippen LogP contribution >= 0.6 is 22.9 Å². The molecule has 1 aliphatic heterocycles. The van der Waals surface area contributed by atoms with Gasteiger partial charge >= 0.3 is 5.97 Å². The molecule has 1 fully saturated rings. The number of carboxylic acid groups (broad SMARTS) is 1. The highest BCUT2D eigenvalue weighted by Gasteiger charge is 2.55. The summed E-state index contributed by atoms with van der Waals surface area (Å²) in [4.78, 5) is 28.2. The zero-order chi connectivity index (χ0) is 22.5. The first-order valence-corrected chi connectivity index (χ1v) is 12.1. The van der Waals surface area contributed by atoms with E-state index in [2.05, 4.69) is 15.6 Å². The van der Waals surface area contributed by atoms with Crippen LogP contribution in [0.15, 0.2) is 42.1 Å². The van der Waals surface area contributed by atoms with Gasteiger partial charge in [-0.2, -0.15) is 0 Å². The fourth-order valence-electron chi connectivity index (χ4n) is 3.21. The van der Waals surface area contributed by atoms with Gasteiger partial charge in [0.1, 0.15) is 0 Å². The van der Waals surface area contributed by atoms with Gasteiger partial charge in [-0.3, -0.25) is 19.9 Å². The molecule has 31 heavy (non-hydrogen) atoms. The smallest absolute Gasteiger partial charge is 0.317 e. The lowest BCUT2D eigenvalue weighted by Crippen LogP contribution is -2.58. The lowest BCUT2D eigenvalue weighted by atomic mass is 10.2. The number of thiophene rings is 1. The van der Waals surface area contributed by atoms with Gasteiger partial charge in [0.2, 0.25) is 4.87 Å². The molecule has 1 saturated heterocycles. The first-order valence-electron chi connectivity index (χ1n) is 9.32. The van der Waals surface area contributed by atoms with E-state index in [0.29, 0.717) is 15.8 Å². The van der Waals surface area contributed by atoms with Crippen LogP contribution in [0, 0.1) is 0 Å². The van der Waals surface area contributed by atoms with Crippen LogP contribution in [-0.4, -0.2) is 66.3 Å². The molecule has 166 valence electrons. The Bertz CT molecular complexity index is 1070. The van der Waals surface area contributed by atoms with Gasteiger partial charge in [0.05, 0.1) is 10.9 Å². The largest absolute Gasteiger partial charge is 0.480 e. The predicted octanol–water partition coefficient (Wildman–Crippen LogP) is 1.90. The van der Waals surface area contributed by atoms with Gasteiger partial charge < -0.3 is 15.3 Å². The summed E-state index contributed by atoms with van der Waals surface area (Å²) >= 11 is 7.06. The minimum Gasteiger partial charge on any atom is -0.480 e. The Labute approximate surface area is 188 Å². The van der Waals surface area contributed by atoms with Gasteiger partial charge in [-0.1, -0.05) is 11.6 Å². The molecule has 1 unspecified atom stereocenters. The third-order valence-corrected chi connectivity index (χ3v) is 7.96. The van der Waals surface area contributed by atoms with Gasteiger partial charge in [0.15, 0.2) is 9.84 Å². The Balaban J connectivity index is 1.76. The summed E-state index contributed by atoms with van der Waals surface area (Å²) < 4.78 is 26.8. The van der Waals surface area contributed by atoms with E-state index in [0.717, 1.165) is 11.1 Å². The topological polar surface area (TPSA) is 129 Å². The number of hydrogen-bond donors (Lipinski definition) is 3. The van der Waals surface area contributed by atoms with Crippen molar-refractivity contribution < 1.29 is 23.1 Å². The Hall–Kier alpha value is -2.47. The Morgan fingerprint density at radius 2 is 2.06 bits per heavy atom. The molecule has 1 aliphatic rings. The number of hydrogen-bond acceptors (Lipinski definition) is 8. The third kappa shape index (κ3) is 5.42. The van der Waals surface area contributed by atoms with Crippen molar-refractivity contribution in [3.05, 3.63) is 51.3 Å². The molecule has 3 N–H and O–H groups in total. The fraction of sp³-hybridized carbons (Fsp3) is 0.316. The minimum atomic E-state index is -4.18. The molecule has 0 saturated carbocycles. The molecule has 0 aromatic carbocycles. The number of aliphatic carboxylic acids is 1. The molecule has 0 aliphatic carbocycles. The second-order valence-electron chi connectivity index (χ2n) is 6.77. The minimum absolute atomic E-state index is 0.0633. The van der Waals surface area contributed by atoms with Crippen LogP contribution in [0.1, 0.15) is 11.3 Å². The first kappa shape index (κ1) is 23.2. The van der Waals surface area contributed by atoms with Crippen LogP contribution in [0.4, 0.5) is 5.69 Å². The fourth-order valence-corrected chi connectivity index (χ4v) is 5.84. The van der Waals surface area contributed by atoms with Gasteiger partial charge in [-0.25, -0.2) is 8.42 Å². The number of carboxylic acids is 1. The number of aromatic nitrogens is 1. The standard InChI is InChI=1S/C19H21ClN4O5S2/c20-16-2-1-15(30-16)5-12-31(28,29)19(23-13-17(25)26)6-10-24(18(19)27)11-9-22-14-3-7-21-8-4-14/h1-5,7-8,12,23H,6,9-11,13H2,(H,21,22)(H,25,26). The Morgan fingerprint density at radius 1 is 1.32 bits per heavy atom. The van der Waals surface area contributed by atoms with E-state index >= 15 is 0 Å². The molecule has 3 heterocycles. The molecular weight excluding hydrogens is 464 g/mol. The Morgan fingerprint density at radius 3 is 2.71 bits per heavy atom. The van der Waals surface area contributed by atoms with Crippen molar-refractivity contribution in [1.29, 1.82) is 0 Å². The molecular formula is C19H21ClN4O5S2. The van der Waals surface area contributed by atoms with Gasteiger partial charge in [0.25, 0.3) is 5.91 Å². The van der Waals surface area contributed by atoms with Crippen LogP contribution in [0.5, 0.6) is 0 Å². The highest BCUT2D eigenvalue weighted by atomic mass is 35.5. The quantitative estimate of drug-likeness (QED) is 0.466. The molecule has 2 aromatic heterocycles. The van der Waals surface area contributed by atoms with E-state index in [1.54, 1.807) is 36.7 Å². The number of amides is 1. The number of carbonyl (C=O) groups is 2. The maximum Gasteiger partial charge on any atom is 0.317 e. The van der Waals surface area contributed by atoms with E-state index in [1.807, 2.05) is 0 Å². The highest BCUT2D eigenvalue weighted by molar-refractivity contribution is 7.96. The van der Waals surface area contributed by atoms with Gasteiger partial charge in [-0.15, -0.1) is 11.3 Å². The first-order chi connectivity index (χ1) is 14.7. The van der Waals surface area contributed by atoms with Crippen LogP contribution < -0.4 is 10.6 Å². The second kappa shape index (κ2) is 9.77. The van der Waals surface area contributed by atoms with Crippen LogP contribution in [0.25, 0.3) is 6.08 Å². The number of carbonyl (C=O) groups excluding carboxylic acids is 1. The number of anilines is 1. The van der Waals surface area contributed by atoms with Crippen molar-refractivity contribution in [3.63, 3.8) is 0 Å². The number of sulfone groups is 1. The molecule has 0 radical (unpaired) electrons. The van der Waals surface area contributed by atoms with Crippen LogP contribution in [0.3, 0.4) is 0 Å². The predicted molar refractivity (Wildman–Crippen MR) is 120 cm³/mol. The summed E-state index contributed by atoms with van der Waals surface area (Å²) in [5, 5.41) is 15.6. The summed E-state index contributed by atoms with van der Waals surface area (Å²) in [7, 11) is -4.18. The van der Waals surface area contributed by atoms with Gasteiger partial charge in [0, 0.05) is 54.4 Å². The molecule has 0 spiro atoms. The number of halogens is 1. The van der Waals surface area contributed by atoms with E-state index in [-0.39, 0.29) is 19.5 Å². The lowest BCUT2D eigenvalue weighted by Gasteiger charge is -2.27. The number of nitrogens with one attached hydrogen (secondary N) is 2. The molecule has 1 amide bonds. The maximum absolute atomic E-state index is 13.2. The van der Waals surface area contributed by atoms with E-state index < -0.39 is 33.1 Å². The number of likely N-dealkylation sites (tertiary alicyclic amines) is 1. The number of pyridine rings is 1. The van der Waals surface area contributed by atoms with E-state index in [4.69, 9.17) is 16.7 Å². The lowest BCUT2D eigenvalue weighted by molar-refractivity contribution is -0.136. The molecule has 2 aromatic rings. The molecule has 1 atom stereocenters. The summed E-state index contributed by atoms with van der Waals surface area (Å²) in [6.45, 7) is 0.180. The van der Waals surface area contributed by atoms with E-state index in [1.165, 1.54) is 22.3 Å². The molecule has 9 nitrogen and oxygen atoms in total. The van der Waals surface area contributed by atoms with Crippen molar-refractivity contribution in [3.8, 4) is 0 Å². The zero-order valence-electron chi connectivity index (χ0n) is 16.3. The van der Waals surface area contributed by atoms with Crippen molar-refractivity contribution in [2.24, 2.45) is 0 Å². The normalized spacial score (nSPS) is 19.3. The summed E-state index contributed by atoms with van der Waals surface area (Å²) in [6, 6.07) is 6.84. The summed E-state index contributed by atoms with van der Waals surface area (Å²) in [6.07, 6.45) is 4.55. The molecule has 0 bridgehead atoms. The Kier molecular flexibility index (Phi) is 7.31. The van der Waals surface area contributed by atoms with E-state index in [9.17, 15) is 18.0 Å². The average Bonchev–Trinajstić information content (AvgIpc) is 3.30. The maximum atomic E-state index is 13.2. The molecule has 12 heteroatoms. The second-order valence-corrected chi connectivity index (χ2v) is 10.6. The van der Waals surface area contributed by atoms with Gasteiger partial charge in [-0.05, 0) is 30.3 Å². The average molecular weight is 485 g/mol. The molecule has 3 rings (SSSR count). The monoisotopic (exact) mass is 484 g/mol. The van der Waals surface area contributed by atoms with Crippen LogP contribution in [0.2, 0.25) is 4.34 Å².